The molecule has 20 heavy (non-hydrogen) atoms. The summed E-state index contributed by atoms with van der Waals surface area (Å²) in [5, 5.41) is 8.52. The largest absolute Gasteiger partial charge is 0.480 e. The first kappa shape index (κ1) is 15.9. The van der Waals surface area contributed by atoms with Gasteiger partial charge in [0.1, 0.15) is 18.4 Å². The minimum atomic E-state index is -0.959. The van der Waals surface area contributed by atoms with Crippen LogP contribution in [0, 0.1) is 0 Å². The third-order valence-electron chi connectivity index (χ3n) is 2.80. The van der Waals surface area contributed by atoms with E-state index in [0.717, 1.165) is 12.1 Å². The van der Waals surface area contributed by atoms with Gasteiger partial charge >= 0.3 is 5.97 Å². The molecule has 0 fully saturated rings. The maximum Gasteiger partial charge on any atom is 0.320 e. The van der Waals surface area contributed by atoms with Crippen LogP contribution in [-0.4, -0.2) is 21.7 Å². The van der Waals surface area contributed by atoms with Crippen molar-refractivity contribution in [3.63, 3.8) is 0 Å². The van der Waals surface area contributed by atoms with E-state index in [0.29, 0.717) is 6.42 Å². The average Bonchev–Trinajstić information content (AvgIpc) is 2.86. The van der Waals surface area contributed by atoms with Gasteiger partial charge < -0.3 is 10.8 Å². The summed E-state index contributed by atoms with van der Waals surface area (Å²) in [5.74, 6) is -0.959. The Morgan fingerprint density at radius 1 is 1.40 bits per heavy atom. The molecule has 0 saturated carbocycles. The number of carboxylic acids is 1. The Morgan fingerprint density at radius 3 is 2.45 bits per heavy atom. The summed E-state index contributed by atoms with van der Waals surface area (Å²) in [4.78, 5) is 10.4. The number of aryl methyl sites for hydroxylation is 2. The van der Waals surface area contributed by atoms with Gasteiger partial charge in [0.2, 0.25) is 6.33 Å². The zero-order valence-electron chi connectivity index (χ0n) is 11.9. The molecule has 0 aliphatic rings. The van der Waals surface area contributed by atoms with Crippen molar-refractivity contribution < 1.29 is 14.5 Å². The van der Waals surface area contributed by atoms with Crippen LogP contribution < -0.4 is 10.3 Å². The van der Waals surface area contributed by atoms with Crippen molar-refractivity contribution in [3.05, 3.63) is 54.6 Å². The molecule has 0 unspecified atom stereocenters. The van der Waals surface area contributed by atoms with E-state index in [-0.39, 0.29) is 0 Å². The molecule has 3 N–H and O–H groups in total. The van der Waals surface area contributed by atoms with Gasteiger partial charge in [-0.2, -0.15) is 0 Å². The van der Waals surface area contributed by atoms with Gasteiger partial charge in [0.15, 0.2) is 0 Å². The van der Waals surface area contributed by atoms with Crippen molar-refractivity contribution in [2.75, 3.05) is 0 Å². The highest BCUT2D eigenvalue weighted by molar-refractivity contribution is 5.73. The van der Waals surface area contributed by atoms with Crippen molar-refractivity contribution in [3.8, 4) is 0 Å². The number of rotatable bonds is 4. The number of hydrogen-bond donors (Lipinski definition) is 2. The lowest BCUT2D eigenvalue weighted by atomic mass is 10.1. The minimum Gasteiger partial charge on any atom is -0.480 e. The summed E-state index contributed by atoms with van der Waals surface area (Å²) in [5.41, 5.74) is 6.30. The third kappa shape index (κ3) is 5.67. The molecule has 0 aliphatic carbocycles. The molecule has 0 spiro atoms. The highest BCUT2D eigenvalue weighted by atomic mass is 16.4. The molecular formula is C15H22N3O2+. The van der Waals surface area contributed by atoms with Crippen LogP contribution in [0.1, 0.15) is 12.5 Å². The lowest BCUT2D eigenvalue weighted by Gasteiger charge is -2.04. The van der Waals surface area contributed by atoms with Crippen LogP contribution in [-0.2, 0) is 24.8 Å². The van der Waals surface area contributed by atoms with Crippen LogP contribution in [0.15, 0.2) is 49.1 Å². The fourth-order valence-electron chi connectivity index (χ4n) is 1.64. The maximum absolute atomic E-state index is 10.4. The summed E-state index contributed by atoms with van der Waals surface area (Å²) >= 11 is 0. The first-order valence-electron chi connectivity index (χ1n) is 6.56. The molecule has 1 aromatic heterocycles. The number of nitrogens with zero attached hydrogens (tertiary/aromatic N) is 2. The predicted molar refractivity (Wildman–Crippen MR) is 77.0 cm³/mol. The molecule has 5 heteroatoms. The molecule has 0 saturated heterocycles. The standard InChI is InChI=1S/C9H11NO2.C6H11N2/c10-8(9(11)12)6-7-4-2-1-3-5-7;1-3-8-5-4-7(2)6-8/h1-5,8H,6,10H2,(H,11,12);4-6H,3H2,1-2H3/q;+1/t8-;/m0./s1. The number of carbonyl (C=O) groups is 1. The monoisotopic (exact) mass is 276 g/mol. The summed E-state index contributed by atoms with van der Waals surface area (Å²) in [6.45, 7) is 3.18. The topological polar surface area (TPSA) is 72.1 Å². The van der Waals surface area contributed by atoms with Crippen LogP contribution in [0.4, 0.5) is 0 Å². The number of nitrogens with two attached hydrogens (primary N) is 1. The van der Waals surface area contributed by atoms with Gasteiger partial charge in [-0.25, -0.2) is 9.13 Å². The van der Waals surface area contributed by atoms with E-state index >= 15 is 0 Å². The Morgan fingerprint density at radius 2 is 2.05 bits per heavy atom. The van der Waals surface area contributed by atoms with Crippen LogP contribution in [0.2, 0.25) is 0 Å². The SMILES string of the molecule is CCn1cc[n+](C)c1.N[C@@H](Cc1ccccc1)C(=O)O. The molecule has 108 valence electrons. The normalized spacial score (nSPS) is 11.3. The van der Waals surface area contributed by atoms with Crippen LogP contribution in [0.5, 0.6) is 0 Å². The molecule has 1 heterocycles. The molecule has 1 aromatic carbocycles. The zero-order chi connectivity index (χ0) is 15.0. The Bertz CT molecular complexity index is 523. The summed E-state index contributed by atoms with van der Waals surface area (Å²) in [7, 11) is 2.02. The Balaban J connectivity index is 0.000000217. The van der Waals surface area contributed by atoms with Crippen molar-refractivity contribution in [1.82, 2.24) is 4.57 Å². The van der Waals surface area contributed by atoms with Gasteiger partial charge in [0.25, 0.3) is 0 Å². The van der Waals surface area contributed by atoms with Gasteiger partial charge in [-0.15, -0.1) is 0 Å². The molecule has 2 rings (SSSR count). The smallest absolute Gasteiger partial charge is 0.320 e. The van der Waals surface area contributed by atoms with Gasteiger partial charge in [-0.3, -0.25) is 4.79 Å². The summed E-state index contributed by atoms with van der Waals surface area (Å²) < 4.78 is 4.16. The molecule has 0 amide bonds. The van der Waals surface area contributed by atoms with Gasteiger partial charge in [-0.1, -0.05) is 30.3 Å². The maximum atomic E-state index is 10.4. The van der Waals surface area contributed by atoms with Crippen molar-refractivity contribution in [2.45, 2.75) is 25.9 Å². The van der Waals surface area contributed by atoms with Crippen molar-refractivity contribution >= 4 is 5.97 Å². The van der Waals surface area contributed by atoms with E-state index in [4.69, 9.17) is 10.8 Å². The van der Waals surface area contributed by atoms with E-state index in [1.54, 1.807) is 0 Å². The van der Waals surface area contributed by atoms with E-state index in [1.807, 2.05) is 48.1 Å². The fraction of sp³-hybridized carbons (Fsp3) is 0.333. The lowest BCUT2D eigenvalue weighted by molar-refractivity contribution is -0.671. The number of aromatic nitrogens is 2. The highest BCUT2D eigenvalue weighted by Gasteiger charge is 2.10. The average molecular weight is 276 g/mol. The number of carboxylic acid groups (broad SMARTS) is 1. The zero-order valence-corrected chi connectivity index (χ0v) is 11.9. The molecule has 0 aliphatic heterocycles. The van der Waals surface area contributed by atoms with Crippen molar-refractivity contribution in [1.29, 1.82) is 0 Å². The van der Waals surface area contributed by atoms with E-state index in [9.17, 15) is 4.79 Å². The Kier molecular flexibility index (Phi) is 6.46. The van der Waals surface area contributed by atoms with Gasteiger partial charge in [-0.05, 0) is 18.9 Å². The van der Waals surface area contributed by atoms with Crippen molar-refractivity contribution in [2.24, 2.45) is 12.8 Å². The first-order chi connectivity index (χ1) is 9.52. The number of benzene rings is 1. The highest BCUT2D eigenvalue weighted by Crippen LogP contribution is 2.01. The summed E-state index contributed by atoms with van der Waals surface area (Å²) in [6.07, 6.45) is 6.53. The second-order valence-corrected chi connectivity index (χ2v) is 4.54. The Labute approximate surface area is 119 Å². The molecule has 0 bridgehead atoms. The molecule has 1 atom stereocenters. The molecule has 0 radical (unpaired) electrons. The van der Waals surface area contributed by atoms with Crippen LogP contribution in [0.25, 0.3) is 0 Å². The summed E-state index contributed by atoms with van der Waals surface area (Å²) in [6, 6.07) is 8.54. The second-order valence-electron chi connectivity index (χ2n) is 4.54. The quantitative estimate of drug-likeness (QED) is 0.817. The molecule has 2 aromatic rings. The number of hydrogen-bond acceptors (Lipinski definition) is 2. The second kappa shape index (κ2) is 8.12. The molecule has 5 nitrogen and oxygen atoms in total. The van der Waals surface area contributed by atoms with E-state index in [2.05, 4.69) is 24.0 Å². The van der Waals surface area contributed by atoms with Gasteiger partial charge in [0, 0.05) is 0 Å². The van der Waals surface area contributed by atoms with E-state index in [1.165, 1.54) is 0 Å². The lowest BCUT2D eigenvalue weighted by Crippen LogP contribution is -2.32. The number of imidazole rings is 1. The first-order valence-corrected chi connectivity index (χ1v) is 6.56. The predicted octanol–water partition coefficient (Wildman–Crippen LogP) is 0.973. The van der Waals surface area contributed by atoms with Crippen LogP contribution in [0.3, 0.4) is 0 Å². The minimum absolute atomic E-state index is 0.385. The third-order valence-corrected chi connectivity index (χ3v) is 2.80. The Hall–Kier alpha value is -2.14. The molecular weight excluding hydrogens is 254 g/mol. The fourth-order valence-corrected chi connectivity index (χ4v) is 1.64. The van der Waals surface area contributed by atoms with E-state index < -0.39 is 12.0 Å². The van der Waals surface area contributed by atoms with Crippen LogP contribution >= 0.6 is 0 Å². The number of aliphatic carboxylic acids is 1. The van der Waals surface area contributed by atoms with Gasteiger partial charge in [0.05, 0.1) is 13.6 Å².